The molecule has 1 heterocycles. The molecule has 0 aliphatic heterocycles. The molecule has 0 fully saturated rings. The van der Waals surface area contributed by atoms with Gasteiger partial charge in [-0.25, -0.2) is 0 Å². The zero-order chi connectivity index (χ0) is 11.5. The summed E-state index contributed by atoms with van der Waals surface area (Å²) in [5.41, 5.74) is 7.76. The maximum absolute atomic E-state index is 5.94. The Labute approximate surface area is 100 Å². The SMILES string of the molecule is CCC(C)Sc1ccc(N)c2cccnc12. The van der Waals surface area contributed by atoms with Gasteiger partial charge in [0.1, 0.15) is 0 Å². The highest BCUT2D eigenvalue weighted by atomic mass is 32.2. The van der Waals surface area contributed by atoms with Crippen LogP contribution in [-0.4, -0.2) is 10.2 Å². The van der Waals surface area contributed by atoms with Gasteiger partial charge in [-0.1, -0.05) is 13.8 Å². The van der Waals surface area contributed by atoms with Gasteiger partial charge in [0.15, 0.2) is 0 Å². The average molecular weight is 232 g/mol. The third-order valence-corrected chi connectivity index (χ3v) is 3.99. The molecule has 1 atom stereocenters. The highest BCUT2D eigenvalue weighted by Crippen LogP contribution is 2.32. The maximum Gasteiger partial charge on any atom is 0.0858 e. The Hall–Kier alpha value is -1.22. The Balaban J connectivity index is 2.50. The van der Waals surface area contributed by atoms with Crippen LogP contribution in [0.3, 0.4) is 0 Å². The molecular formula is C13H16N2S. The standard InChI is InChI=1S/C13H16N2S/c1-3-9(2)16-12-7-6-11(14)10-5-4-8-15-13(10)12/h4-9H,3,14H2,1-2H3. The molecule has 0 saturated carbocycles. The highest BCUT2D eigenvalue weighted by Gasteiger charge is 2.08. The van der Waals surface area contributed by atoms with E-state index in [1.807, 2.05) is 36.2 Å². The van der Waals surface area contributed by atoms with Crippen molar-refractivity contribution >= 4 is 28.4 Å². The number of nitrogen functional groups attached to an aromatic ring is 1. The van der Waals surface area contributed by atoms with Crippen LogP contribution in [0.2, 0.25) is 0 Å². The van der Waals surface area contributed by atoms with Gasteiger partial charge < -0.3 is 5.73 Å². The van der Waals surface area contributed by atoms with E-state index < -0.39 is 0 Å². The second kappa shape index (κ2) is 4.74. The first-order valence-electron chi connectivity index (χ1n) is 5.52. The predicted octanol–water partition coefficient (Wildman–Crippen LogP) is 3.71. The predicted molar refractivity (Wildman–Crippen MR) is 71.8 cm³/mol. The van der Waals surface area contributed by atoms with E-state index in [4.69, 9.17) is 5.73 Å². The van der Waals surface area contributed by atoms with Crippen LogP contribution in [0.25, 0.3) is 10.9 Å². The van der Waals surface area contributed by atoms with Crippen molar-refractivity contribution in [2.75, 3.05) is 5.73 Å². The number of pyridine rings is 1. The monoisotopic (exact) mass is 232 g/mol. The summed E-state index contributed by atoms with van der Waals surface area (Å²) in [4.78, 5) is 5.65. The maximum atomic E-state index is 5.94. The van der Waals surface area contributed by atoms with Crippen LogP contribution in [0.4, 0.5) is 5.69 Å². The van der Waals surface area contributed by atoms with E-state index >= 15 is 0 Å². The minimum absolute atomic E-state index is 0.605. The van der Waals surface area contributed by atoms with Gasteiger partial charge in [0.2, 0.25) is 0 Å². The number of hydrogen-bond donors (Lipinski definition) is 1. The number of thioether (sulfide) groups is 1. The van der Waals surface area contributed by atoms with Gasteiger partial charge in [-0.05, 0) is 30.7 Å². The van der Waals surface area contributed by atoms with Gasteiger partial charge in [0, 0.05) is 27.4 Å². The summed E-state index contributed by atoms with van der Waals surface area (Å²) in [6.07, 6.45) is 2.98. The molecule has 3 heteroatoms. The van der Waals surface area contributed by atoms with Crippen molar-refractivity contribution in [3.8, 4) is 0 Å². The summed E-state index contributed by atoms with van der Waals surface area (Å²) in [7, 11) is 0. The Morgan fingerprint density at radius 1 is 1.38 bits per heavy atom. The van der Waals surface area contributed by atoms with Crippen molar-refractivity contribution in [2.24, 2.45) is 0 Å². The summed E-state index contributed by atoms with van der Waals surface area (Å²) in [5.74, 6) is 0. The molecule has 2 N–H and O–H groups in total. The van der Waals surface area contributed by atoms with E-state index in [2.05, 4.69) is 24.9 Å². The van der Waals surface area contributed by atoms with Crippen molar-refractivity contribution in [3.63, 3.8) is 0 Å². The second-order valence-electron chi connectivity index (χ2n) is 3.89. The van der Waals surface area contributed by atoms with Crippen LogP contribution in [0.5, 0.6) is 0 Å². The molecule has 0 radical (unpaired) electrons. The number of benzene rings is 1. The topological polar surface area (TPSA) is 38.9 Å². The van der Waals surface area contributed by atoms with Crippen molar-refractivity contribution in [1.82, 2.24) is 4.98 Å². The van der Waals surface area contributed by atoms with Crippen LogP contribution in [0.15, 0.2) is 35.4 Å². The number of fused-ring (bicyclic) bond motifs is 1. The normalized spacial score (nSPS) is 12.9. The fraction of sp³-hybridized carbons (Fsp3) is 0.308. The molecule has 0 aliphatic carbocycles. The molecule has 1 aromatic carbocycles. The fourth-order valence-electron chi connectivity index (χ4n) is 1.56. The molecule has 2 aromatic rings. The van der Waals surface area contributed by atoms with E-state index in [0.29, 0.717) is 5.25 Å². The van der Waals surface area contributed by atoms with Crippen LogP contribution in [-0.2, 0) is 0 Å². The third kappa shape index (κ3) is 2.14. The van der Waals surface area contributed by atoms with Crippen molar-refractivity contribution in [3.05, 3.63) is 30.5 Å². The van der Waals surface area contributed by atoms with Gasteiger partial charge in [0.05, 0.1) is 5.52 Å². The van der Waals surface area contributed by atoms with Crippen LogP contribution >= 0.6 is 11.8 Å². The van der Waals surface area contributed by atoms with Crippen LogP contribution < -0.4 is 5.73 Å². The highest BCUT2D eigenvalue weighted by molar-refractivity contribution is 8.00. The number of nitrogens with two attached hydrogens (primary N) is 1. The number of anilines is 1. The van der Waals surface area contributed by atoms with Crippen molar-refractivity contribution in [2.45, 2.75) is 30.4 Å². The van der Waals surface area contributed by atoms with Gasteiger partial charge in [0.25, 0.3) is 0 Å². The summed E-state index contributed by atoms with van der Waals surface area (Å²) >= 11 is 1.86. The fourth-order valence-corrected chi connectivity index (χ4v) is 2.59. The van der Waals surface area contributed by atoms with E-state index in [9.17, 15) is 0 Å². The molecule has 1 aromatic heterocycles. The quantitative estimate of drug-likeness (QED) is 0.647. The van der Waals surface area contributed by atoms with Gasteiger partial charge in [-0.3, -0.25) is 4.98 Å². The first-order valence-corrected chi connectivity index (χ1v) is 6.40. The van der Waals surface area contributed by atoms with Gasteiger partial charge in [-0.2, -0.15) is 0 Å². The molecule has 0 aliphatic rings. The minimum atomic E-state index is 0.605. The van der Waals surface area contributed by atoms with Crippen molar-refractivity contribution in [1.29, 1.82) is 0 Å². The summed E-state index contributed by atoms with van der Waals surface area (Å²) in [6, 6.07) is 7.99. The molecule has 16 heavy (non-hydrogen) atoms. The molecule has 0 bridgehead atoms. The molecule has 0 spiro atoms. The Kier molecular flexibility index (Phi) is 3.34. The van der Waals surface area contributed by atoms with Crippen LogP contribution in [0, 0.1) is 0 Å². The summed E-state index contributed by atoms with van der Waals surface area (Å²) in [6.45, 7) is 4.43. The zero-order valence-corrected chi connectivity index (χ0v) is 10.4. The number of nitrogens with zero attached hydrogens (tertiary/aromatic N) is 1. The second-order valence-corrected chi connectivity index (χ2v) is 5.37. The Bertz CT molecular complexity index is 496. The van der Waals surface area contributed by atoms with Gasteiger partial charge >= 0.3 is 0 Å². The van der Waals surface area contributed by atoms with Gasteiger partial charge in [-0.15, -0.1) is 11.8 Å². The third-order valence-electron chi connectivity index (χ3n) is 2.67. The Morgan fingerprint density at radius 3 is 2.94 bits per heavy atom. The molecular weight excluding hydrogens is 216 g/mol. The average Bonchev–Trinajstić information content (AvgIpc) is 2.33. The minimum Gasteiger partial charge on any atom is -0.398 e. The summed E-state index contributed by atoms with van der Waals surface area (Å²) in [5, 5.41) is 1.66. The lowest BCUT2D eigenvalue weighted by atomic mass is 10.2. The molecule has 0 saturated heterocycles. The first-order chi connectivity index (χ1) is 7.72. The molecule has 2 nitrogen and oxygen atoms in total. The lowest BCUT2D eigenvalue weighted by Gasteiger charge is -2.11. The molecule has 1 unspecified atom stereocenters. The Morgan fingerprint density at radius 2 is 2.19 bits per heavy atom. The smallest absolute Gasteiger partial charge is 0.0858 e. The number of aromatic nitrogens is 1. The first kappa shape index (κ1) is 11.3. The van der Waals surface area contributed by atoms with E-state index in [0.717, 1.165) is 23.0 Å². The van der Waals surface area contributed by atoms with Crippen LogP contribution in [0.1, 0.15) is 20.3 Å². The number of hydrogen-bond acceptors (Lipinski definition) is 3. The lowest BCUT2D eigenvalue weighted by molar-refractivity contribution is 0.906. The lowest BCUT2D eigenvalue weighted by Crippen LogP contribution is -1.95. The van der Waals surface area contributed by atoms with E-state index in [-0.39, 0.29) is 0 Å². The molecule has 0 amide bonds. The van der Waals surface area contributed by atoms with E-state index in [1.165, 1.54) is 4.90 Å². The largest absolute Gasteiger partial charge is 0.398 e. The zero-order valence-electron chi connectivity index (χ0n) is 9.60. The summed E-state index contributed by atoms with van der Waals surface area (Å²) < 4.78 is 0. The molecule has 84 valence electrons. The van der Waals surface area contributed by atoms with E-state index in [1.54, 1.807) is 0 Å². The number of rotatable bonds is 3. The van der Waals surface area contributed by atoms with Crippen molar-refractivity contribution < 1.29 is 0 Å². The molecule has 2 rings (SSSR count).